The SMILES string of the molecule is CCCN(CC(=O)NC)c1ncc(Cl)cc1Br. The first kappa shape index (κ1) is 14.3. The fourth-order valence-corrected chi connectivity index (χ4v) is 2.31. The summed E-state index contributed by atoms with van der Waals surface area (Å²) in [6.07, 6.45) is 2.52. The molecule has 0 spiro atoms. The number of nitrogens with one attached hydrogen (secondary N) is 1. The van der Waals surface area contributed by atoms with Crippen LogP contribution in [-0.4, -0.2) is 31.0 Å². The first-order chi connectivity index (χ1) is 8.08. The fraction of sp³-hybridized carbons (Fsp3) is 0.455. The maximum atomic E-state index is 11.4. The Hall–Kier alpha value is -0.810. The third-order valence-corrected chi connectivity index (χ3v) is 2.99. The molecular formula is C11H15BrClN3O. The summed E-state index contributed by atoms with van der Waals surface area (Å²) in [6.45, 7) is 3.11. The van der Waals surface area contributed by atoms with E-state index in [2.05, 4.69) is 33.2 Å². The second kappa shape index (κ2) is 6.81. The average Bonchev–Trinajstić information content (AvgIpc) is 2.28. The van der Waals surface area contributed by atoms with E-state index in [1.807, 2.05) is 4.90 Å². The van der Waals surface area contributed by atoms with Crippen molar-refractivity contribution < 1.29 is 4.79 Å². The van der Waals surface area contributed by atoms with E-state index in [0.717, 1.165) is 23.3 Å². The van der Waals surface area contributed by atoms with Crippen LogP contribution in [0.25, 0.3) is 0 Å². The molecule has 0 aliphatic rings. The van der Waals surface area contributed by atoms with E-state index in [-0.39, 0.29) is 12.5 Å². The first-order valence-electron chi connectivity index (χ1n) is 5.35. The number of aromatic nitrogens is 1. The molecule has 0 saturated carbocycles. The molecule has 0 aliphatic heterocycles. The summed E-state index contributed by atoms with van der Waals surface area (Å²) < 4.78 is 0.794. The highest BCUT2D eigenvalue weighted by Crippen LogP contribution is 2.26. The predicted octanol–water partition coefficient (Wildman–Crippen LogP) is 2.46. The van der Waals surface area contributed by atoms with Gasteiger partial charge in [-0.1, -0.05) is 18.5 Å². The number of carbonyl (C=O) groups excluding carboxylic acids is 1. The van der Waals surface area contributed by atoms with Crippen LogP contribution in [0.15, 0.2) is 16.7 Å². The zero-order valence-electron chi connectivity index (χ0n) is 9.83. The number of halogens is 2. The molecule has 1 rings (SSSR count). The van der Waals surface area contributed by atoms with Gasteiger partial charge in [-0.25, -0.2) is 4.98 Å². The molecule has 0 aliphatic carbocycles. The minimum atomic E-state index is -0.0397. The van der Waals surface area contributed by atoms with Crippen LogP contribution in [0.4, 0.5) is 5.82 Å². The monoisotopic (exact) mass is 319 g/mol. The number of rotatable bonds is 5. The molecule has 0 aromatic carbocycles. The lowest BCUT2D eigenvalue weighted by molar-refractivity contribution is -0.119. The van der Waals surface area contributed by atoms with Crippen LogP contribution < -0.4 is 10.2 Å². The summed E-state index contributed by atoms with van der Waals surface area (Å²) in [5, 5.41) is 3.17. The maximum Gasteiger partial charge on any atom is 0.239 e. The van der Waals surface area contributed by atoms with Crippen molar-refractivity contribution in [3.05, 3.63) is 21.8 Å². The van der Waals surface area contributed by atoms with E-state index < -0.39 is 0 Å². The fourth-order valence-electron chi connectivity index (χ4n) is 1.42. The maximum absolute atomic E-state index is 11.4. The van der Waals surface area contributed by atoms with Crippen molar-refractivity contribution in [2.75, 3.05) is 25.0 Å². The molecule has 0 unspecified atom stereocenters. The van der Waals surface area contributed by atoms with Crippen LogP contribution in [0.2, 0.25) is 5.02 Å². The van der Waals surface area contributed by atoms with Gasteiger partial charge in [0, 0.05) is 19.8 Å². The first-order valence-corrected chi connectivity index (χ1v) is 6.52. The topological polar surface area (TPSA) is 45.2 Å². The standard InChI is InChI=1S/C11H15BrClN3O/c1-3-4-16(7-10(17)14-2)11-9(12)5-8(13)6-15-11/h5-6H,3-4,7H2,1-2H3,(H,14,17). The van der Waals surface area contributed by atoms with Crippen LogP contribution in [0.1, 0.15) is 13.3 Å². The van der Waals surface area contributed by atoms with Gasteiger partial charge in [-0.2, -0.15) is 0 Å². The summed E-state index contributed by atoms with van der Waals surface area (Å²) in [6, 6.07) is 1.77. The van der Waals surface area contributed by atoms with Gasteiger partial charge in [0.1, 0.15) is 5.82 Å². The van der Waals surface area contributed by atoms with Gasteiger partial charge in [-0.15, -0.1) is 0 Å². The summed E-state index contributed by atoms with van der Waals surface area (Å²) >= 11 is 9.25. The molecule has 6 heteroatoms. The van der Waals surface area contributed by atoms with Gasteiger partial charge in [-0.05, 0) is 28.4 Å². The van der Waals surface area contributed by atoms with Gasteiger partial charge < -0.3 is 10.2 Å². The summed E-state index contributed by atoms with van der Waals surface area (Å²) in [5.41, 5.74) is 0. The third-order valence-electron chi connectivity index (χ3n) is 2.19. The van der Waals surface area contributed by atoms with Crippen molar-refractivity contribution in [1.29, 1.82) is 0 Å². The van der Waals surface area contributed by atoms with E-state index in [4.69, 9.17) is 11.6 Å². The molecule has 0 bridgehead atoms. The Balaban J connectivity index is 2.92. The van der Waals surface area contributed by atoms with Gasteiger partial charge >= 0.3 is 0 Å². The van der Waals surface area contributed by atoms with E-state index >= 15 is 0 Å². The van der Waals surface area contributed by atoms with Crippen LogP contribution in [0.5, 0.6) is 0 Å². The summed E-state index contributed by atoms with van der Waals surface area (Å²) in [5.74, 6) is 0.696. The summed E-state index contributed by atoms with van der Waals surface area (Å²) in [4.78, 5) is 17.6. The van der Waals surface area contributed by atoms with E-state index in [1.54, 1.807) is 19.3 Å². The Morgan fingerprint density at radius 2 is 2.35 bits per heavy atom. The van der Waals surface area contributed by atoms with Crippen LogP contribution in [0, 0.1) is 0 Å². The second-order valence-corrected chi connectivity index (χ2v) is 4.84. The van der Waals surface area contributed by atoms with Crippen LogP contribution in [-0.2, 0) is 4.79 Å². The highest BCUT2D eigenvalue weighted by molar-refractivity contribution is 9.10. The number of likely N-dealkylation sites (N-methyl/N-ethyl adjacent to an activating group) is 1. The molecule has 0 radical (unpaired) electrons. The molecule has 4 nitrogen and oxygen atoms in total. The van der Waals surface area contributed by atoms with E-state index in [9.17, 15) is 4.79 Å². The number of carbonyl (C=O) groups is 1. The molecule has 1 amide bonds. The van der Waals surface area contributed by atoms with Crippen LogP contribution in [0.3, 0.4) is 0 Å². The molecule has 1 aromatic heterocycles. The molecule has 0 fully saturated rings. The van der Waals surface area contributed by atoms with Gasteiger partial charge in [0.05, 0.1) is 16.0 Å². The lowest BCUT2D eigenvalue weighted by Gasteiger charge is -2.23. The number of hydrogen-bond donors (Lipinski definition) is 1. The smallest absolute Gasteiger partial charge is 0.239 e. The molecule has 94 valence electrons. The van der Waals surface area contributed by atoms with E-state index in [1.165, 1.54) is 0 Å². The highest BCUT2D eigenvalue weighted by atomic mass is 79.9. The normalized spacial score (nSPS) is 10.1. The Morgan fingerprint density at radius 1 is 1.65 bits per heavy atom. The number of nitrogens with zero attached hydrogens (tertiary/aromatic N) is 2. The number of hydrogen-bond acceptors (Lipinski definition) is 3. The van der Waals surface area contributed by atoms with E-state index in [0.29, 0.717) is 5.02 Å². The molecule has 0 saturated heterocycles. The second-order valence-electron chi connectivity index (χ2n) is 3.55. The third kappa shape index (κ3) is 4.16. The number of pyridine rings is 1. The van der Waals surface area contributed by atoms with Gasteiger partial charge in [-0.3, -0.25) is 4.79 Å². The molecule has 1 N–H and O–H groups in total. The quantitative estimate of drug-likeness (QED) is 0.906. The molecule has 1 heterocycles. The average molecular weight is 321 g/mol. The van der Waals surface area contributed by atoms with Gasteiger partial charge in [0.25, 0.3) is 0 Å². The van der Waals surface area contributed by atoms with Crippen molar-refractivity contribution in [3.8, 4) is 0 Å². The molecular weight excluding hydrogens is 305 g/mol. The Labute approximate surface area is 114 Å². The lowest BCUT2D eigenvalue weighted by atomic mass is 10.3. The van der Waals surface area contributed by atoms with Crippen LogP contribution >= 0.6 is 27.5 Å². The van der Waals surface area contributed by atoms with Crippen molar-refractivity contribution in [1.82, 2.24) is 10.3 Å². The molecule has 0 atom stereocenters. The largest absolute Gasteiger partial charge is 0.358 e. The lowest BCUT2D eigenvalue weighted by Crippen LogP contribution is -2.36. The molecule has 1 aromatic rings. The number of amides is 1. The predicted molar refractivity (Wildman–Crippen MR) is 73.5 cm³/mol. The van der Waals surface area contributed by atoms with Gasteiger partial charge in [0.15, 0.2) is 0 Å². The Morgan fingerprint density at radius 3 is 2.88 bits per heavy atom. The van der Waals surface area contributed by atoms with Crippen molar-refractivity contribution in [2.24, 2.45) is 0 Å². The van der Waals surface area contributed by atoms with Crippen molar-refractivity contribution in [2.45, 2.75) is 13.3 Å². The minimum absolute atomic E-state index is 0.0397. The van der Waals surface area contributed by atoms with Crippen molar-refractivity contribution in [3.63, 3.8) is 0 Å². The number of anilines is 1. The zero-order chi connectivity index (χ0) is 12.8. The van der Waals surface area contributed by atoms with Crippen molar-refractivity contribution >= 4 is 39.3 Å². The minimum Gasteiger partial charge on any atom is -0.358 e. The molecule has 17 heavy (non-hydrogen) atoms. The van der Waals surface area contributed by atoms with Gasteiger partial charge in [0.2, 0.25) is 5.91 Å². The Bertz CT molecular complexity index is 400. The highest BCUT2D eigenvalue weighted by Gasteiger charge is 2.14. The zero-order valence-corrected chi connectivity index (χ0v) is 12.2. The Kier molecular flexibility index (Phi) is 5.71. The summed E-state index contributed by atoms with van der Waals surface area (Å²) in [7, 11) is 1.62.